The lowest BCUT2D eigenvalue weighted by Gasteiger charge is -2.15. The van der Waals surface area contributed by atoms with Gasteiger partial charge in [-0.2, -0.15) is 13.2 Å². The number of aryl methyl sites for hydroxylation is 1. The van der Waals surface area contributed by atoms with E-state index >= 15 is 0 Å². The number of ether oxygens (including phenoxy) is 1. The maximum atomic E-state index is 13.5. The molecule has 2 heterocycles. The van der Waals surface area contributed by atoms with Crippen LogP contribution in [0.1, 0.15) is 43.7 Å². The number of nitrogens with zero attached hydrogens (tertiary/aromatic N) is 2. The van der Waals surface area contributed by atoms with E-state index in [1.54, 1.807) is 12.1 Å². The largest absolute Gasteiger partial charge is 0.493 e. The smallest absolute Gasteiger partial charge is 0.417 e. The predicted molar refractivity (Wildman–Crippen MR) is 143 cm³/mol. The molecule has 12 heteroatoms. The summed E-state index contributed by atoms with van der Waals surface area (Å²) in [5, 5.41) is 10.8. The van der Waals surface area contributed by atoms with Crippen molar-refractivity contribution in [2.24, 2.45) is 0 Å². The van der Waals surface area contributed by atoms with Gasteiger partial charge in [-0.3, -0.25) is 9.13 Å². The molecule has 4 rings (SSSR count). The highest BCUT2D eigenvalue weighted by molar-refractivity contribution is 6.34. The van der Waals surface area contributed by atoms with Crippen molar-refractivity contribution in [3.05, 3.63) is 84.7 Å². The van der Waals surface area contributed by atoms with Crippen LogP contribution >= 0.6 is 23.2 Å². The Morgan fingerprint density at radius 2 is 1.74 bits per heavy atom. The molecule has 0 bridgehead atoms. The van der Waals surface area contributed by atoms with Crippen LogP contribution in [0.25, 0.3) is 16.7 Å². The minimum atomic E-state index is -4.70. The second-order valence-electron chi connectivity index (χ2n) is 8.97. The lowest BCUT2D eigenvalue weighted by Crippen LogP contribution is -2.23. The Balaban J connectivity index is 1.40. The summed E-state index contributed by atoms with van der Waals surface area (Å²) in [7, 11) is 0. The van der Waals surface area contributed by atoms with Crippen molar-refractivity contribution in [3.63, 3.8) is 0 Å². The Labute approximate surface area is 230 Å². The van der Waals surface area contributed by atoms with Gasteiger partial charge in [-0.1, -0.05) is 36.5 Å². The highest BCUT2D eigenvalue weighted by atomic mass is 35.5. The first-order valence-electron chi connectivity index (χ1n) is 12.3. The van der Waals surface area contributed by atoms with Crippen molar-refractivity contribution in [1.29, 1.82) is 0 Å². The van der Waals surface area contributed by atoms with Crippen LogP contribution in [0.15, 0.2) is 56.6 Å². The molecule has 0 atom stereocenters. The summed E-state index contributed by atoms with van der Waals surface area (Å²) in [6.07, 6.45) is -0.646. The van der Waals surface area contributed by atoms with Gasteiger partial charge in [-0.15, -0.1) is 0 Å². The average molecular weight is 585 g/mol. The first-order chi connectivity index (χ1) is 18.5. The number of hydrogen-bond donors (Lipinski definition) is 1. The molecule has 4 aromatic rings. The SMILES string of the molecule is CCCc1c(OCCCCCn2c(O)cn(-c3cc(Cl)cc(Cl)c3)c2=O)ccc2c(C(F)(F)F)cc(=O)oc12. The molecule has 0 saturated heterocycles. The lowest BCUT2D eigenvalue weighted by atomic mass is 10.0. The van der Waals surface area contributed by atoms with Crippen molar-refractivity contribution >= 4 is 34.2 Å². The summed E-state index contributed by atoms with van der Waals surface area (Å²) in [5.74, 6) is 0.158. The van der Waals surface area contributed by atoms with E-state index in [0.29, 0.717) is 65.2 Å². The standard InChI is InChI=1S/C27H25Cl2F3N2O5/c1-2-6-20-22(8-7-19-21(27(30,31)32)14-24(36)39-25(19)20)38-10-5-3-4-9-33-23(35)15-34(26(33)37)18-12-16(28)11-17(29)13-18/h7-8,11-15,35H,2-6,9-10H2,1H3. The Hall–Kier alpha value is -3.37. The molecular formula is C27H25Cl2F3N2O5. The van der Waals surface area contributed by atoms with Crippen molar-refractivity contribution < 1.29 is 27.4 Å². The fourth-order valence-corrected chi connectivity index (χ4v) is 4.91. The van der Waals surface area contributed by atoms with Gasteiger partial charge in [-0.25, -0.2) is 9.59 Å². The highest BCUT2D eigenvalue weighted by Gasteiger charge is 2.34. The molecule has 0 amide bonds. The summed E-state index contributed by atoms with van der Waals surface area (Å²) in [5.41, 5.74) is -1.83. The maximum Gasteiger partial charge on any atom is 0.417 e. The van der Waals surface area contributed by atoms with E-state index in [-0.39, 0.29) is 30.0 Å². The number of hydrogen-bond acceptors (Lipinski definition) is 5. The molecule has 0 aliphatic rings. The third kappa shape index (κ3) is 6.45. The van der Waals surface area contributed by atoms with Gasteiger partial charge in [0.2, 0.25) is 5.88 Å². The van der Waals surface area contributed by atoms with E-state index in [0.717, 1.165) is 0 Å². The monoisotopic (exact) mass is 584 g/mol. The Bertz CT molecular complexity index is 1590. The molecular weight excluding hydrogens is 560 g/mol. The van der Waals surface area contributed by atoms with Gasteiger partial charge in [0.15, 0.2) is 0 Å². The number of imidazole rings is 1. The first-order valence-corrected chi connectivity index (χ1v) is 13.0. The molecule has 2 aromatic carbocycles. The summed E-state index contributed by atoms with van der Waals surface area (Å²) in [6.45, 7) is 2.38. The van der Waals surface area contributed by atoms with E-state index < -0.39 is 23.1 Å². The van der Waals surface area contributed by atoms with Crippen LogP contribution in [0.3, 0.4) is 0 Å². The predicted octanol–water partition coefficient (Wildman–Crippen LogP) is 6.98. The number of halogens is 5. The molecule has 7 nitrogen and oxygen atoms in total. The van der Waals surface area contributed by atoms with Crippen molar-refractivity contribution in [2.45, 2.75) is 51.7 Å². The summed E-state index contributed by atoms with van der Waals surface area (Å²) in [6, 6.07) is 7.83. The minimum absolute atomic E-state index is 0.116. The maximum absolute atomic E-state index is 13.5. The fourth-order valence-electron chi connectivity index (χ4n) is 4.39. The highest BCUT2D eigenvalue weighted by Crippen LogP contribution is 2.37. The van der Waals surface area contributed by atoms with Crippen molar-refractivity contribution in [3.8, 4) is 17.3 Å². The van der Waals surface area contributed by atoms with Gasteiger partial charge in [0.05, 0.1) is 24.1 Å². The summed E-state index contributed by atoms with van der Waals surface area (Å²) >= 11 is 12.0. The zero-order chi connectivity index (χ0) is 28.3. The number of unbranched alkanes of at least 4 members (excludes halogenated alkanes) is 2. The molecule has 2 aromatic heterocycles. The van der Waals surface area contributed by atoms with Crippen molar-refractivity contribution in [2.75, 3.05) is 6.61 Å². The number of rotatable bonds is 10. The van der Waals surface area contributed by atoms with Crippen LogP contribution in [-0.2, 0) is 19.1 Å². The van der Waals surface area contributed by atoms with E-state index in [1.807, 2.05) is 6.92 Å². The van der Waals surface area contributed by atoms with Gasteiger partial charge in [0, 0.05) is 33.6 Å². The van der Waals surface area contributed by atoms with Gasteiger partial charge in [0.25, 0.3) is 0 Å². The molecule has 208 valence electrons. The van der Waals surface area contributed by atoms with Crippen LogP contribution in [0.5, 0.6) is 11.6 Å². The molecule has 0 spiro atoms. The lowest BCUT2D eigenvalue weighted by molar-refractivity contribution is -0.136. The van der Waals surface area contributed by atoms with Crippen LogP contribution in [0.2, 0.25) is 10.0 Å². The molecule has 0 saturated carbocycles. The van der Waals surface area contributed by atoms with Crippen LogP contribution in [0, 0.1) is 0 Å². The van der Waals surface area contributed by atoms with E-state index in [9.17, 15) is 27.9 Å². The number of fused-ring (bicyclic) bond motifs is 1. The fraction of sp³-hybridized carbons (Fsp3) is 0.333. The number of benzene rings is 2. The zero-order valence-corrected chi connectivity index (χ0v) is 22.4. The number of aromatic nitrogens is 2. The molecule has 1 N–H and O–H groups in total. The topological polar surface area (TPSA) is 86.6 Å². The molecule has 0 unspecified atom stereocenters. The summed E-state index contributed by atoms with van der Waals surface area (Å²) < 4.78 is 53.9. The third-order valence-corrected chi connectivity index (χ3v) is 6.58. The zero-order valence-electron chi connectivity index (χ0n) is 20.9. The minimum Gasteiger partial charge on any atom is -0.493 e. The van der Waals surface area contributed by atoms with Gasteiger partial charge in [0.1, 0.15) is 11.3 Å². The van der Waals surface area contributed by atoms with E-state index in [1.165, 1.54) is 33.5 Å². The van der Waals surface area contributed by atoms with Gasteiger partial charge < -0.3 is 14.3 Å². The average Bonchev–Trinajstić information content (AvgIpc) is 3.14. The first kappa shape index (κ1) is 28.6. The Morgan fingerprint density at radius 1 is 1.03 bits per heavy atom. The molecule has 0 fully saturated rings. The molecule has 0 aliphatic carbocycles. The van der Waals surface area contributed by atoms with Crippen molar-refractivity contribution in [1.82, 2.24) is 9.13 Å². The number of aromatic hydroxyl groups is 1. The Morgan fingerprint density at radius 3 is 2.41 bits per heavy atom. The third-order valence-electron chi connectivity index (χ3n) is 6.15. The quantitative estimate of drug-likeness (QED) is 0.160. The molecule has 0 aliphatic heterocycles. The van der Waals surface area contributed by atoms with Crippen LogP contribution in [0.4, 0.5) is 13.2 Å². The van der Waals surface area contributed by atoms with Crippen LogP contribution < -0.4 is 16.1 Å². The normalized spacial score (nSPS) is 11.8. The van der Waals surface area contributed by atoms with E-state index in [4.69, 9.17) is 32.4 Å². The van der Waals surface area contributed by atoms with Crippen LogP contribution in [-0.4, -0.2) is 20.8 Å². The molecule has 39 heavy (non-hydrogen) atoms. The molecule has 0 radical (unpaired) electrons. The van der Waals surface area contributed by atoms with Gasteiger partial charge >= 0.3 is 17.5 Å². The summed E-state index contributed by atoms with van der Waals surface area (Å²) in [4.78, 5) is 24.7. The van der Waals surface area contributed by atoms with Gasteiger partial charge in [-0.05, 0) is 56.0 Å². The second-order valence-corrected chi connectivity index (χ2v) is 9.85. The number of alkyl halides is 3. The Kier molecular flexibility index (Phi) is 8.66. The second kappa shape index (κ2) is 11.8. The van der Waals surface area contributed by atoms with E-state index in [2.05, 4.69) is 0 Å².